The zero-order valence-electron chi connectivity index (χ0n) is 11.9. The molecule has 4 heteroatoms. The zero-order valence-corrected chi connectivity index (χ0v) is 11.9. The van der Waals surface area contributed by atoms with Gasteiger partial charge in [-0.3, -0.25) is 0 Å². The Hall–Kier alpha value is -1.55. The summed E-state index contributed by atoms with van der Waals surface area (Å²) in [5.74, 6) is 0.558. The average molecular weight is 276 g/mol. The highest BCUT2D eigenvalue weighted by Crippen LogP contribution is 2.25. The van der Waals surface area contributed by atoms with E-state index in [0.29, 0.717) is 12.3 Å². The highest BCUT2D eigenvalue weighted by Gasteiger charge is 2.31. The van der Waals surface area contributed by atoms with E-state index >= 15 is 0 Å². The SMILES string of the molecule is NCC1(NC(=O)Oc2ccccc2)CCCCCCC1. The largest absolute Gasteiger partial charge is 0.413 e. The van der Waals surface area contributed by atoms with Crippen LogP contribution in [-0.2, 0) is 0 Å². The van der Waals surface area contributed by atoms with Gasteiger partial charge in [-0.2, -0.15) is 0 Å². The molecule has 0 aromatic heterocycles. The van der Waals surface area contributed by atoms with Crippen LogP contribution in [0.2, 0.25) is 0 Å². The van der Waals surface area contributed by atoms with E-state index in [2.05, 4.69) is 5.32 Å². The van der Waals surface area contributed by atoms with Crippen molar-refractivity contribution in [2.24, 2.45) is 5.73 Å². The number of carbonyl (C=O) groups is 1. The summed E-state index contributed by atoms with van der Waals surface area (Å²) in [6.45, 7) is 0.469. The zero-order chi connectivity index (χ0) is 14.3. The lowest BCUT2D eigenvalue weighted by Gasteiger charge is -2.34. The molecule has 0 spiro atoms. The van der Waals surface area contributed by atoms with Gasteiger partial charge in [0, 0.05) is 6.54 Å². The van der Waals surface area contributed by atoms with Crippen molar-refractivity contribution in [3.63, 3.8) is 0 Å². The summed E-state index contributed by atoms with van der Waals surface area (Å²) in [5.41, 5.74) is 5.63. The highest BCUT2D eigenvalue weighted by molar-refractivity contribution is 5.71. The number of para-hydroxylation sites is 1. The van der Waals surface area contributed by atoms with Crippen LogP contribution in [-0.4, -0.2) is 18.2 Å². The van der Waals surface area contributed by atoms with Gasteiger partial charge < -0.3 is 15.8 Å². The molecule has 0 heterocycles. The van der Waals surface area contributed by atoms with Crippen LogP contribution in [0, 0.1) is 0 Å². The van der Waals surface area contributed by atoms with E-state index in [9.17, 15) is 4.79 Å². The average Bonchev–Trinajstić information content (AvgIpc) is 2.43. The Bertz CT molecular complexity index is 412. The van der Waals surface area contributed by atoms with Crippen LogP contribution in [0.3, 0.4) is 0 Å². The predicted molar refractivity (Wildman–Crippen MR) is 79.7 cm³/mol. The molecular weight excluding hydrogens is 252 g/mol. The summed E-state index contributed by atoms with van der Waals surface area (Å²) in [4.78, 5) is 12.1. The summed E-state index contributed by atoms with van der Waals surface area (Å²) < 4.78 is 5.31. The molecule has 1 aromatic rings. The van der Waals surface area contributed by atoms with Crippen molar-refractivity contribution in [3.05, 3.63) is 30.3 Å². The normalized spacial score (nSPS) is 18.6. The number of nitrogens with two attached hydrogens (primary N) is 1. The summed E-state index contributed by atoms with van der Waals surface area (Å²) >= 11 is 0. The quantitative estimate of drug-likeness (QED) is 0.891. The van der Waals surface area contributed by atoms with Crippen LogP contribution < -0.4 is 15.8 Å². The Morgan fingerprint density at radius 2 is 1.70 bits per heavy atom. The maximum absolute atomic E-state index is 12.1. The monoisotopic (exact) mass is 276 g/mol. The minimum absolute atomic E-state index is 0.299. The fourth-order valence-electron chi connectivity index (χ4n) is 2.80. The number of rotatable bonds is 3. The predicted octanol–water partition coefficient (Wildman–Crippen LogP) is 3.22. The van der Waals surface area contributed by atoms with Crippen LogP contribution in [0.5, 0.6) is 5.75 Å². The summed E-state index contributed by atoms with van der Waals surface area (Å²) in [5, 5.41) is 3.01. The molecule has 0 radical (unpaired) electrons. The number of hydrogen-bond acceptors (Lipinski definition) is 3. The molecule has 0 atom stereocenters. The van der Waals surface area contributed by atoms with E-state index in [1.165, 1.54) is 19.3 Å². The smallest absolute Gasteiger partial charge is 0.410 e. The van der Waals surface area contributed by atoms with Crippen molar-refractivity contribution in [1.82, 2.24) is 5.32 Å². The Kier molecular flexibility index (Phi) is 5.41. The molecule has 1 amide bonds. The lowest BCUT2D eigenvalue weighted by molar-refractivity contribution is 0.174. The van der Waals surface area contributed by atoms with Gasteiger partial charge in [-0.1, -0.05) is 50.3 Å². The fraction of sp³-hybridized carbons (Fsp3) is 0.562. The molecule has 2 rings (SSSR count). The summed E-state index contributed by atoms with van der Waals surface area (Å²) in [7, 11) is 0. The number of amides is 1. The number of hydrogen-bond donors (Lipinski definition) is 2. The molecule has 0 aliphatic heterocycles. The minimum Gasteiger partial charge on any atom is -0.410 e. The van der Waals surface area contributed by atoms with E-state index in [4.69, 9.17) is 10.5 Å². The first-order valence-corrected chi connectivity index (χ1v) is 7.49. The van der Waals surface area contributed by atoms with Gasteiger partial charge in [-0.15, -0.1) is 0 Å². The number of benzene rings is 1. The third kappa shape index (κ3) is 4.23. The van der Waals surface area contributed by atoms with E-state index in [0.717, 1.165) is 25.7 Å². The van der Waals surface area contributed by atoms with Crippen molar-refractivity contribution >= 4 is 6.09 Å². The lowest BCUT2D eigenvalue weighted by Crippen LogP contribution is -2.54. The van der Waals surface area contributed by atoms with E-state index in [1.54, 1.807) is 12.1 Å². The van der Waals surface area contributed by atoms with Gasteiger partial charge in [-0.25, -0.2) is 4.79 Å². The molecule has 1 aliphatic carbocycles. The molecule has 4 nitrogen and oxygen atoms in total. The second kappa shape index (κ2) is 7.29. The maximum atomic E-state index is 12.1. The molecule has 1 aliphatic rings. The first kappa shape index (κ1) is 14.9. The van der Waals surface area contributed by atoms with Gasteiger partial charge in [-0.05, 0) is 25.0 Å². The molecule has 0 bridgehead atoms. The first-order valence-electron chi connectivity index (χ1n) is 7.49. The van der Waals surface area contributed by atoms with E-state index < -0.39 is 6.09 Å². The Morgan fingerprint density at radius 3 is 2.30 bits per heavy atom. The number of carbonyl (C=O) groups excluding carboxylic acids is 1. The molecule has 0 unspecified atom stereocenters. The van der Waals surface area contributed by atoms with Crippen molar-refractivity contribution in [3.8, 4) is 5.75 Å². The third-order valence-corrected chi connectivity index (χ3v) is 4.02. The first-order chi connectivity index (χ1) is 9.74. The third-order valence-electron chi connectivity index (χ3n) is 4.02. The van der Waals surface area contributed by atoms with Gasteiger partial charge in [0.05, 0.1) is 5.54 Å². The van der Waals surface area contributed by atoms with E-state index in [-0.39, 0.29) is 5.54 Å². The fourth-order valence-corrected chi connectivity index (χ4v) is 2.80. The van der Waals surface area contributed by atoms with Crippen molar-refractivity contribution < 1.29 is 9.53 Å². The highest BCUT2D eigenvalue weighted by atomic mass is 16.6. The van der Waals surface area contributed by atoms with E-state index in [1.807, 2.05) is 18.2 Å². The molecule has 110 valence electrons. The van der Waals surface area contributed by atoms with Crippen LogP contribution in [0.15, 0.2) is 30.3 Å². The second-order valence-electron chi connectivity index (χ2n) is 5.58. The number of nitrogens with one attached hydrogen (secondary N) is 1. The van der Waals surface area contributed by atoms with Crippen LogP contribution in [0.1, 0.15) is 44.9 Å². The summed E-state index contributed by atoms with van der Waals surface area (Å²) in [6.07, 6.45) is 7.43. The molecule has 3 N–H and O–H groups in total. The minimum atomic E-state index is -0.401. The standard InChI is InChI=1S/C16H24N2O2/c17-13-16(11-7-2-1-3-8-12-16)18-15(19)20-14-9-5-4-6-10-14/h4-6,9-10H,1-3,7-8,11-13,17H2,(H,18,19). The molecule has 1 aromatic carbocycles. The Morgan fingerprint density at radius 1 is 1.10 bits per heavy atom. The van der Waals surface area contributed by atoms with Crippen LogP contribution >= 0.6 is 0 Å². The molecular formula is C16H24N2O2. The molecule has 20 heavy (non-hydrogen) atoms. The van der Waals surface area contributed by atoms with Crippen molar-refractivity contribution in [2.45, 2.75) is 50.5 Å². The molecule has 1 saturated carbocycles. The molecule has 1 fully saturated rings. The number of ether oxygens (including phenoxy) is 1. The topological polar surface area (TPSA) is 64.3 Å². The van der Waals surface area contributed by atoms with Gasteiger partial charge in [0.1, 0.15) is 5.75 Å². The Balaban J connectivity index is 1.95. The Labute approximate surface area is 120 Å². The van der Waals surface area contributed by atoms with Gasteiger partial charge in [0.2, 0.25) is 0 Å². The van der Waals surface area contributed by atoms with Crippen molar-refractivity contribution in [1.29, 1.82) is 0 Å². The van der Waals surface area contributed by atoms with Gasteiger partial charge >= 0.3 is 6.09 Å². The lowest BCUT2D eigenvalue weighted by atomic mass is 9.84. The maximum Gasteiger partial charge on any atom is 0.413 e. The van der Waals surface area contributed by atoms with Gasteiger partial charge in [0.15, 0.2) is 0 Å². The second-order valence-corrected chi connectivity index (χ2v) is 5.58. The van der Waals surface area contributed by atoms with Crippen molar-refractivity contribution in [2.75, 3.05) is 6.54 Å². The van der Waals surface area contributed by atoms with Crippen LogP contribution in [0.4, 0.5) is 4.79 Å². The summed E-state index contributed by atoms with van der Waals surface area (Å²) in [6, 6.07) is 9.12. The molecule has 0 saturated heterocycles. The van der Waals surface area contributed by atoms with Crippen LogP contribution in [0.25, 0.3) is 0 Å². The van der Waals surface area contributed by atoms with Gasteiger partial charge in [0.25, 0.3) is 0 Å².